The maximum Gasteiger partial charge on any atom is 0.337 e. The molecule has 0 atom stereocenters. The Balaban J connectivity index is 2.22. The van der Waals surface area contributed by atoms with Gasteiger partial charge in [-0.2, -0.15) is 10.2 Å². The lowest BCUT2D eigenvalue weighted by Crippen LogP contribution is -1.90. The predicted octanol–water partition coefficient (Wildman–Crippen LogP) is 2.92. The number of rotatable bonds is 4. The SMILES string of the molecule is Cc1nn(C)c(N=NCc2ccccc2)c1[N+](=O)[O-]. The molecule has 1 aromatic heterocycles. The van der Waals surface area contributed by atoms with Crippen molar-refractivity contribution < 1.29 is 4.92 Å². The van der Waals surface area contributed by atoms with Gasteiger partial charge in [0.2, 0.25) is 0 Å². The average molecular weight is 259 g/mol. The first kappa shape index (κ1) is 12.9. The summed E-state index contributed by atoms with van der Waals surface area (Å²) in [7, 11) is 1.61. The molecule has 0 aliphatic heterocycles. The van der Waals surface area contributed by atoms with Gasteiger partial charge in [-0.25, -0.2) is 4.68 Å². The van der Waals surface area contributed by atoms with Crippen LogP contribution in [0, 0.1) is 17.0 Å². The summed E-state index contributed by atoms with van der Waals surface area (Å²) in [5, 5.41) is 22.8. The molecule has 98 valence electrons. The molecule has 0 fully saturated rings. The van der Waals surface area contributed by atoms with Gasteiger partial charge in [0.25, 0.3) is 5.82 Å². The Labute approximate surface area is 109 Å². The van der Waals surface area contributed by atoms with Gasteiger partial charge in [-0.1, -0.05) is 30.3 Å². The van der Waals surface area contributed by atoms with Gasteiger partial charge in [0.05, 0.1) is 11.5 Å². The van der Waals surface area contributed by atoms with E-state index in [0.717, 1.165) is 5.56 Å². The summed E-state index contributed by atoms with van der Waals surface area (Å²) in [5.74, 6) is 0.165. The van der Waals surface area contributed by atoms with Gasteiger partial charge in [0.1, 0.15) is 5.69 Å². The minimum absolute atomic E-state index is 0.0979. The summed E-state index contributed by atoms with van der Waals surface area (Å²) < 4.78 is 1.36. The molecular formula is C12H13N5O2. The largest absolute Gasteiger partial charge is 0.337 e. The molecule has 0 N–H and O–H groups in total. The molecule has 0 aliphatic rings. The van der Waals surface area contributed by atoms with Gasteiger partial charge in [0.15, 0.2) is 0 Å². The number of hydrogen-bond acceptors (Lipinski definition) is 5. The first-order valence-electron chi connectivity index (χ1n) is 5.69. The molecule has 0 unspecified atom stereocenters. The van der Waals surface area contributed by atoms with Crippen LogP contribution in [-0.2, 0) is 13.6 Å². The normalized spacial score (nSPS) is 11.1. The summed E-state index contributed by atoms with van der Waals surface area (Å²) in [6.45, 7) is 1.95. The highest BCUT2D eigenvalue weighted by molar-refractivity contribution is 5.54. The summed E-state index contributed by atoms with van der Waals surface area (Å²) in [4.78, 5) is 10.5. The van der Waals surface area contributed by atoms with E-state index in [2.05, 4.69) is 15.3 Å². The van der Waals surface area contributed by atoms with Gasteiger partial charge in [-0.15, -0.1) is 5.11 Å². The van der Waals surface area contributed by atoms with Crippen molar-refractivity contribution in [1.29, 1.82) is 0 Å². The van der Waals surface area contributed by atoms with Crippen molar-refractivity contribution in [2.75, 3.05) is 0 Å². The van der Waals surface area contributed by atoms with Gasteiger partial charge in [-0.05, 0) is 12.5 Å². The van der Waals surface area contributed by atoms with E-state index >= 15 is 0 Å². The number of benzene rings is 1. The molecule has 19 heavy (non-hydrogen) atoms. The van der Waals surface area contributed by atoms with Crippen LogP contribution in [0.25, 0.3) is 0 Å². The number of nitrogens with zero attached hydrogens (tertiary/aromatic N) is 5. The number of hydrogen-bond donors (Lipinski definition) is 0. The van der Waals surface area contributed by atoms with Crippen molar-refractivity contribution in [2.24, 2.45) is 17.3 Å². The van der Waals surface area contributed by atoms with Gasteiger partial charge >= 0.3 is 5.69 Å². The van der Waals surface area contributed by atoms with E-state index in [0.29, 0.717) is 12.2 Å². The molecule has 0 saturated carbocycles. The van der Waals surface area contributed by atoms with E-state index in [1.807, 2.05) is 30.3 Å². The fraction of sp³-hybridized carbons (Fsp3) is 0.250. The topological polar surface area (TPSA) is 85.7 Å². The number of azo groups is 1. The zero-order valence-corrected chi connectivity index (χ0v) is 10.6. The maximum absolute atomic E-state index is 10.9. The zero-order valence-electron chi connectivity index (χ0n) is 10.6. The molecule has 7 nitrogen and oxygen atoms in total. The maximum atomic E-state index is 10.9. The van der Waals surface area contributed by atoms with Crippen LogP contribution >= 0.6 is 0 Å². The van der Waals surface area contributed by atoms with E-state index in [-0.39, 0.29) is 11.5 Å². The molecule has 0 spiro atoms. The molecule has 2 rings (SSSR count). The van der Waals surface area contributed by atoms with Crippen molar-refractivity contribution in [3.63, 3.8) is 0 Å². The first-order valence-corrected chi connectivity index (χ1v) is 5.69. The van der Waals surface area contributed by atoms with E-state index in [9.17, 15) is 10.1 Å². The molecule has 2 aromatic rings. The molecular weight excluding hydrogens is 246 g/mol. The molecule has 1 heterocycles. The smallest absolute Gasteiger partial charge is 0.258 e. The third-order valence-corrected chi connectivity index (χ3v) is 2.61. The lowest BCUT2D eigenvalue weighted by molar-refractivity contribution is -0.384. The standard InChI is InChI=1S/C12H13N5O2/c1-9-11(17(18)19)12(16(2)15-9)14-13-8-10-6-4-3-5-7-10/h3-7H,8H2,1-2H3. The molecule has 0 amide bonds. The third-order valence-electron chi connectivity index (χ3n) is 2.61. The lowest BCUT2D eigenvalue weighted by atomic mass is 10.2. The van der Waals surface area contributed by atoms with Crippen molar-refractivity contribution in [3.8, 4) is 0 Å². The molecule has 7 heteroatoms. The van der Waals surface area contributed by atoms with E-state index in [4.69, 9.17) is 0 Å². The van der Waals surface area contributed by atoms with Crippen molar-refractivity contribution in [1.82, 2.24) is 9.78 Å². The average Bonchev–Trinajstić information content (AvgIpc) is 2.65. The Morgan fingerprint density at radius 1 is 1.37 bits per heavy atom. The second kappa shape index (κ2) is 5.38. The minimum atomic E-state index is -0.487. The monoisotopic (exact) mass is 259 g/mol. The van der Waals surface area contributed by atoms with Gasteiger partial charge in [-0.3, -0.25) is 10.1 Å². The Bertz CT molecular complexity index is 619. The summed E-state index contributed by atoms with van der Waals surface area (Å²) in [6, 6.07) is 9.56. The van der Waals surface area contributed by atoms with Crippen LogP contribution in [0.2, 0.25) is 0 Å². The number of aryl methyl sites for hydroxylation is 2. The van der Waals surface area contributed by atoms with Crippen LogP contribution in [-0.4, -0.2) is 14.7 Å². The van der Waals surface area contributed by atoms with Crippen LogP contribution in [0.5, 0.6) is 0 Å². The van der Waals surface area contributed by atoms with Crippen LogP contribution in [0.3, 0.4) is 0 Å². The summed E-state index contributed by atoms with van der Waals surface area (Å²) >= 11 is 0. The van der Waals surface area contributed by atoms with E-state index < -0.39 is 4.92 Å². The van der Waals surface area contributed by atoms with E-state index in [1.54, 1.807) is 14.0 Å². The molecule has 0 aliphatic carbocycles. The highest BCUT2D eigenvalue weighted by Crippen LogP contribution is 2.30. The Kier molecular flexibility index (Phi) is 3.65. The lowest BCUT2D eigenvalue weighted by Gasteiger charge is -1.95. The molecule has 0 radical (unpaired) electrons. The summed E-state index contributed by atoms with van der Waals surface area (Å²) in [5.41, 5.74) is 1.23. The first-order chi connectivity index (χ1) is 9.09. The van der Waals surface area contributed by atoms with Gasteiger partial charge in [0, 0.05) is 7.05 Å². The Hall–Kier alpha value is -2.57. The highest BCUT2D eigenvalue weighted by Gasteiger charge is 2.23. The Morgan fingerprint density at radius 3 is 2.68 bits per heavy atom. The molecule has 1 aromatic carbocycles. The Morgan fingerprint density at radius 2 is 2.05 bits per heavy atom. The fourth-order valence-electron chi connectivity index (χ4n) is 1.73. The quantitative estimate of drug-likeness (QED) is 0.480. The highest BCUT2D eigenvalue weighted by atomic mass is 16.6. The van der Waals surface area contributed by atoms with Crippen molar-refractivity contribution in [2.45, 2.75) is 13.5 Å². The van der Waals surface area contributed by atoms with Crippen LogP contribution in [0.4, 0.5) is 11.5 Å². The predicted molar refractivity (Wildman–Crippen MR) is 69.3 cm³/mol. The van der Waals surface area contributed by atoms with E-state index in [1.165, 1.54) is 4.68 Å². The second-order valence-electron chi connectivity index (χ2n) is 4.02. The second-order valence-corrected chi connectivity index (χ2v) is 4.02. The molecule has 0 bridgehead atoms. The van der Waals surface area contributed by atoms with Crippen LogP contribution in [0.15, 0.2) is 40.6 Å². The zero-order chi connectivity index (χ0) is 13.8. The third kappa shape index (κ3) is 2.82. The number of aromatic nitrogens is 2. The van der Waals surface area contributed by atoms with Crippen LogP contribution < -0.4 is 0 Å². The van der Waals surface area contributed by atoms with Crippen molar-refractivity contribution in [3.05, 3.63) is 51.7 Å². The minimum Gasteiger partial charge on any atom is -0.258 e. The summed E-state index contributed by atoms with van der Waals surface area (Å²) in [6.07, 6.45) is 0. The van der Waals surface area contributed by atoms with Crippen LogP contribution in [0.1, 0.15) is 11.3 Å². The molecule has 0 saturated heterocycles. The van der Waals surface area contributed by atoms with Gasteiger partial charge < -0.3 is 0 Å². The number of nitro groups is 1. The fourth-order valence-corrected chi connectivity index (χ4v) is 1.73. The van der Waals surface area contributed by atoms with Crippen molar-refractivity contribution >= 4 is 11.5 Å².